The highest BCUT2D eigenvalue weighted by Gasteiger charge is 2.18. The van der Waals surface area contributed by atoms with Crippen LogP contribution in [-0.2, 0) is 4.79 Å². The number of halogens is 2. The third kappa shape index (κ3) is 5.95. The van der Waals surface area contributed by atoms with E-state index in [4.69, 9.17) is 18.9 Å². The lowest BCUT2D eigenvalue weighted by atomic mass is 10.2. The Labute approximate surface area is 258 Å². The Balaban J connectivity index is 1.33. The van der Waals surface area contributed by atoms with E-state index in [9.17, 15) is 14.0 Å². The number of ether oxygens (including phenoxy) is 2. The lowest BCUT2D eigenvalue weighted by molar-refractivity contribution is -0.118. The molecule has 0 fully saturated rings. The Bertz CT molecular complexity index is 2070. The minimum atomic E-state index is -0.551. The number of carbonyl (C=O) groups is 1. The van der Waals surface area contributed by atoms with Crippen LogP contribution in [-0.4, -0.2) is 35.0 Å². The van der Waals surface area contributed by atoms with E-state index in [1.165, 1.54) is 29.1 Å². The van der Waals surface area contributed by atoms with Crippen molar-refractivity contribution in [2.45, 2.75) is 6.92 Å². The maximum absolute atomic E-state index is 13.9. The Morgan fingerprint density at radius 3 is 2.64 bits per heavy atom. The molecule has 4 aromatic carbocycles. The molecule has 2 heterocycles. The predicted octanol–water partition coefficient (Wildman–Crippen LogP) is 7.01. The van der Waals surface area contributed by atoms with Gasteiger partial charge in [0, 0.05) is 5.39 Å². The van der Waals surface area contributed by atoms with Gasteiger partial charge in [0.1, 0.15) is 11.4 Å². The number of amides is 1. The average Bonchev–Trinajstić information content (AvgIpc) is 3.46. The minimum absolute atomic E-state index is 0.0530. The lowest BCUT2D eigenvalue weighted by Gasteiger charge is -2.15. The van der Waals surface area contributed by atoms with Crippen LogP contribution in [0, 0.1) is 5.82 Å². The number of carbonyl (C=O) groups excluding carboxylic acids is 1. The molecule has 0 bridgehead atoms. The normalized spacial score (nSPS) is 11.3. The van der Waals surface area contributed by atoms with Crippen LogP contribution in [0.1, 0.15) is 12.5 Å². The molecule has 0 spiro atoms. The van der Waals surface area contributed by atoms with Crippen LogP contribution in [0.15, 0.2) is 110 Å². The average molecular weight is 655 g/mol. The molecule has 11 heteroatoms. The molecular formula is C33H24BrFN4O5. The second-order valence-electron chi connectivity index (χ2n) is 9.54. The number of hydrogen-bond acceptors (Lipinski definition) is 7. The van der Waals surface area contributed by atoms with E-state index >= 15 is 0 Å². The highest BCUT2D eigenvalue weighted by molar-refractivity contribution is 9.10. The maximum atomic E-state index is 13.9. The molecule has 0 aliphatic rings. The third-order valence-electron chi connectivity index (χ3n) is 6.55. The molecule has 9 nitrogen and oxygen atoms in total. The van der Waals surface area contributed by atoms with Gasteiger partial charge in [0.25, 0.3) is 11.5 Å². The van der Waals surface area contributed by atoms with Gasteiger partial charge in [-0.1, -0.05) is 42.5 Å². The summed E-state index contributed by atoms with van der Waals surface area (Å²) >= 11 is 3.49. The fourth-order valence-corrected chi connectivity index (χ4v) is 5.13. The number of nitrogens with zero attached hydrogens (tertiary/aromatic N) is 3. The molecule has 1 N–H and O–H groups in total. The first-order valence-electron chi connectivity index (χ1n) is 13.6. The Morgan fingerprint density at radius 2 is 1.82 bits per heavy atom. The van der Waals surface area contributed by atoms with Gasteiger partial charge in [0.05, 0.1) is 33.9 Å². The maximum Gasteiger partial charge on any atom is 0.282 e. The monoisotopic (exact) mass is 654 g/mol. The van der Waals surface area contributed by atoms with Crippen molar-refractivity contribution in [3.63, 3.8) is 0 Å². The molecule has 220 valence electrons. The van der Waals surface area contributed by atoms with Crippen LogP contribution >= 0.6 is 15.9 Å². The molecule has 2 aromatic heterocycles. The summed E-state index contributed by atoms with van der Waals surface area (Å²) in [6.07, 6.45) is 1.49. The summed E-state index contributed by atoms with van der Waals surface area (Å²) in [6.45, 7) is 1.73. The topological polar surface area (TPSA) is 108 Å². The van der Waals surface area contributed by atoms with Gasteiger partial charge in [0.15, 0.2) is 23.9 Å². The smallest absolute Gasteiger partial charge is 0.282 e. The molecule has 6 rings (SSSR count). The van der Waals surface area contributed by atoms with Crippen molar-refractivity contribution in [2.75, 3.05) is 18.5 Å². The van der Waals surface area contributed by atoms with E-state index in [2.05, 4.69) is 26.3 Å². The summed E-state index contributed by atoms with van der Waals surface area (Å²) in [7, 11) is 0. The largest absolute Gasteiger partial charge is 0.490 e. The van der Waals surface area contributed by atoms with Gasteiger partial charge in [-0.3, -0.25) is 9.59 Å². The van der Waals surface area contributed by atoms with E-state index in [-0.39, 0.29) is 29.4 Å². The van der Waals surface area contributed by atoms with E-state index in [1.54, 1.807) is 36.4 Å². The highest BCUT2D eigenvalue weighted by atomic mass is 79.9. The predicted molar refractivity (Wildman–Crippen MR) is 170 cm³/mol. The third-order valence-corrected chi connectivity index (χ3v) is 7.14. The zero-order valence-corrected chi connectivity index (χ0v) is 24.9. The summed E-state index contributed by atoms with van der Waals surface area (Å²) in [5, 5.41) is 8.26. The molecule has 0 saturated carbocycles. The van der Waals surface area contributed by atoms with Crippen molar-refractivity contribution < 1.29 is 23.1 Å². The van der Waals surface area contributed by atoms with Gasteiger partial charge in [0.2, 0.25) is 5.82 Å². The Hall–Kier alpha value is -5.29. The van der Waals surface area contributed by atoms with Gasteiger partial charge in [-0.2, -0.15) is 9.78 Å². The van der Waals surface area contributed by atoms with Gasteiger partial charge in [-0.25, -0.2) is 9.37 Å². The zero-order valence-electron chi connectivity index (χ0n) is 23.3. The molecule has 44 heavy (non-hydrogen) atoms. The van der Waals surface area contributed by atoms with Crippen LogP contribution in [0.3, 0.4) is 0 Å². The molecule has 0 aliphatic carbocycles. The first-order chi connectivity index (χ1) is 21.4. The fourth-order valence-electron chi connectivity index (χ4n) is 4.56. The fraction of sp³-hybridized carbons (Fsp3) is 0.0909. The van der Waals surface area contributed by atoms with Crippen molar-refractivity contribution >= 4 is 55.6 Å². The summed E-state index contributed by atoms with van der Waals surface area (Å²) < 4.78 is 33.2. The number of furan rings is 1. The molecule has 0 aliphatic heterocycles. The quantitative estimate of drug-likeness (QED) is 0.168. The SMILES string of the molecule is CCOc1cc(C=Nn2c(-c3cc4ccccc4o3)nc3ccccc3c2=O)cc(Br)c1OCC(=O)Nc1ccccc1F. The van der Waals surface area contributed by atoms with Gasteiger partial charge < -0.3 is 19.2 Å². The summed E-state index contributed by atoms with van der Waals surface area (Å²) in [5.74, 6) is 0.149. The molecular weight excluding hydrogens is 631 g/mol. The molecule has 6 aromatic rings. The minimum Gasteiger partial charge on any atom is -0.490 e. The summed E-state index contributed by atoms with van der Waals surface area (Å²) in [6, 6.07) is 25.6. The highest BCUT2D eigenvalue weighted by Crippen LogP contribution is 2.37. The number of fused-ring (bicyclic) bond motifs is 2. The van der Waals surface area contributed by atoms with Crippen molar-refractivity contribution in [3.8, 4) is 23.1 Å². The molecule has 0 unspecified atom stereocenters. The van der Waals surface area contributed by atoms with Crippen molar-refractivity contribution in [1.82, 2.24) is 9.66 Å². The number of rotatable bonds is 9. The molecule has 0 atom stereocenters. The standard InChI is InChI=1S/C33H24BrFN4O5/c1-2-42-28-16-20(15-23(34)31(28)43-19-30(40)37-26-13-7-5-11-24(26)35)18-36-39-32(29-17-21-9-3-8-14-27(21)44-29)38-25-12-6-4-10-22(25)33(39)41/h3-18H,2,19H2,1H3,(H,37,40). The first-order valence-corrected chi connectivity index (χ1v) is 14.4. The van der Waals surface area contributed by atoms with Crippen LogP contribution in [0.2, 0.25) is 0 Å². The second-order valence-corrected chi connectivity index (χ2v) is 10.4. The number of anilines is 1. The van der Waals surface area contributed by atoms with Crippen LogP contribution in [0.5, 0.6) is 11.5 Å². The van der Waals surface area contributed by atoms with Crippen LogP contribution in [0.25, 0.3) is 33.5 Å². The van der Waals surface area contributed by atoms with E-state index < -0.39 is 11.7 Å². The number of benzene rings is 4. The molecule has 0 radical (unpaired) electrons. The van der Waals surface area contributed by atoms with Gasteiger partial charge in [-0.05, 0) is 76.9 Å². The number of hydrogen-bond donors (Lipinski definition) is 1. The van der Waals surface area contributed by atoms with E-state index in [0.29, 0.717) is 44.6 Å². The second kappa shape index (κ2) is 12.5. The summed E-state index contributed by atoms with van der Waals surface area (Å²) in [4.78, 5) is 30.8. The zero-order chi connectivity index (χ0) is 30.6. The summed E-state index contributed by atoms with van der Waals surface area (Å²) in [5.41, 5.74) is 1.42. The van der Waals surface area contributed by atoms with E-state index in [0.717, 1.165) is 5.39 Å². The molecule has 1 amide bonds. The van der Waals surface area contributed by atoms with Crippen LogP contribution in [0.4, 0.5) is 10.1 Å². The van der Waals surface area contributed by atoms with Gasteiger partial charge in [-0.15, -0.1) is 0 Å². The number of aromatic nitrogens is 2. The number of para-hydroxylation sites is 3. The van der Waals surface area contributed by atoms with Crippen molar-refractivity contribution in [1.29, 1.82) is 0 Å². The first kappa shape index (κ1) is 28.8. The molecule has 0 saturated heterocycles. The van der Waals surface area contributed by atoms with Gasteiger partial charge >= 0.3 is 0 Å². The number of nitrogens with one attached hydrogen (secondary N) is 1. The van der Waals surface area contributed by atoms with E-state index in [1.807, 2.05) is 43.3 Å². The lowest BCUT2D eigenvalue weighted by Crippen LogP contribution is -2.21. The Morgan fingerprint density at radius 1 is 1.05 bits per heavy atom. The van der Waals surface area contributed by atoms with Crippen molar-refractivity contribution in [3.05, 3.63) is 117 Å². The van der Waals surface area contributed by atoms with Crippen LogP contribution < -0.4 is 20.3 Å². The van der Waals surface area contributed by atoms with Crippen molar-refractivity contribution in [2.24, 2.45) is 5.10 Å². The Kier molecular flexibility index (Phi) is 8.20.